The largest absolute Gasteiger partial charge is 0.493 e. The minimum absolute atomic E-state index is 0.0553. The second kappa shape index (κ2) is 13.3. The third-order valence-electron chi connectivity index (χ3n) is 9.56. The number of pyridine rings is 2. The predicted molar refractivity (Wildman–Crippen MR) is 189 cm³/mol. The van der Waals surface area contributed by atoms with Crippen LogP contribution in [-0.4, -0.2) is 49.5 Å². The van der Waals surface area contributed by atoms with E-state index >= 15 is 0 Å². The third-order valence-corrected chi connectivity index (χ3v) is 9.56. The Bertz CT molecular complexity index is 2300. The molecule has 0 spiro atoms. The average molecular weight is 669 g/mol. The fraction of sp³-hybridized carbons (Fsp3) is 0.250. The van der Waals surface area contributed by atoms with E-state index in [4.69, 9.17) is 24.2 Å². The van der Waals surface area contributed by atoms with Gasteiger partial charge in [-0.05, 0) is 77.9 Å². The Labute approximate surface area is 288 Å². The van der Waals surface area contributed by atoms with Crippen LogP contribution in [0.4, 0.5) is 0 Å². The molecule has 5 heterocycles. The number of hydrogen-bond acceptors (Lipinski definition) is 7. The van der Waals surface area contributed by atoms with Gasteiger partial charge in [0.15, 0.2) is 0 Å². The molecule has 1 N–H and O–H groups in total. The van der Waals surface area contributed by atoms with Crippen LogP contribution in [0.25, 0.3) is 33.4 Å². The van der Waals surface area contributed by atoms with E-state index in [2.05, 4.69) is 22.8 Å². The molecule has 50 heavy (non-hydrogen) atoms. The third kappa shape index (κ3) is 6.37. The van der Waals surface area contributed by atoms with Crippen molar-refractivity contribution in [3.8, 4) is 34.0 Å². The van der Waals surface area contributed by atoms with E-state index in [0.29, 0.717) is 32.1 Å². The van der Waals surface area contributed by atoms with Crippen LogP contribution in [0.5, 0.6) is 11.6 Å². The molecule has 1 fully saturated rings. The van der Waals surface area contributed by atoms with Gasteiger partial charge in [-0.3, -0.25) is 4.79 Å². The zero-order valence-corrected chi connectivity index (χ0v) is 27.7. The van der Waals surface area contributed by atoms with Gasteiger partial charge in [-0.25, -0.2) is 14.8 Å². The maximum Gasteiger partial charge on any atom is 0.335 e. The number of hydrogen-bond donors (Lipinski definition) is 1. The zero-order chi connectivity index (χ0) is 34.2. The SMILES string of the molecule is Cn1ccc(-c2ccc3c(c2)CCCOc2cc(ccc2Cc2nc4ccc(C(=O)O)cc4n2CC2CCO2)-c2cccc(n2)OC3)cc1=O. The van der Waals surface area contributed by atoms with Gasteiger partial charge in [-0.15, -0.1) is 0 Å². The van der Waals surface area contributed by atoms with Crippen LogP contribution < -0.4 is 15.0 Å². The van der Waals surface area contributed by atoms with Gasteiger partial charge in [-0.2, -0.15) is 0 Å². The number of carbonyl (C=O) groups is 1. The van der Waals surface area contributed by atoms with E-state index in [1.165, 1.54) is 0 Å². The number of aromatic nitrogens is 4. The first kappa shape index (κ1) is 31.5. The molecule has 3 aromatic carbocycles. The molecule has 2 aliphatic heterocycles. The van der Waals surface area contributed by atoms with Crippen molar-refractivity contribution in [3.05, 3.63) is 130 Å². The van der Waals surface area contributed by atoms with Crippen LogP contribution >= 0.6 is 0 Å². The van der Waals surface area contributed by atoms with Crippen molar-refractivity contribution in [2.45, 2.75) is 44.9 Å². The number of aromatic carboxylic acids is 1. The van der Waals surface area contributed by atoms with E-state index in [9.17, 15) is 14.7 Å². The minimum atomic E-state index is -0.972. The Morgan fingerprint density at radius 2 is 1.76 bits per heavy atom. The standard InChI is InChI=1S/C40H36N4O6/c1-43-15-13-27(22-39(43)45)26-7-10-31-24-50-38-6-2-5-33(42-38)28-8-9-29(36(20-28)49-16-3-4-25(31)18-26)21-37-41-34-12-11-30(40(46)47)19-35(34)44(37)23-32-14-17-48-32/h2,5-13,15,18-20,22,32H,3-4,14,16-17,21,23-24H2,1H3,(H,46,47). The Hall–Kier alpha value is -5.74. The van der Waals surface area contributed by atoms with Crippen LogP contribution in [0, 0.1) is 0 Å². The lowest BCUT2D eigenvalue weighted by molar-refractivity contribution is -0.0589. The molecule has 1 atom stereocenters. The van der Waals surface area contributed by atoms with Gasteiger partial charge in [0.25, 0.3) is 5.56 Å². The van der Waals surface area contributed by atoms with Gasteiger partial charge < -0.3 is 28.5 Å². The first-order chi connectivity index (χ1) is 24.4. The Morgan fingerprint density at radius 3 is 2.58 bits per heavy atom. The molecule has 252 valence electrons. The minimum Gasteiger partial charge on any atom is -0.493 e. The summed E-state index contributed by atoms with van der Waals surface area (Å²) in [7, 11) is 1.74. The second-order valence-electron chi connectivity index (χ2n) is 12.9. The number of carboxylic acids is 1. The number of rotatable bonds is 6. The van der Waals surface area contributed by atoms with Crippen molar-refractivity contribution in [2.75, 3.05) is 13.2 Å². The van der Waals surface area contributed by atoms with Crippen molar-refractivity contribution in [1.82, 2.24) is 19.1 Å². The molecule has 2 aliphatic rings. The topological polar surface area (TPSA) is 118 Å². The Morgan fingerprint density at radius 1 is 0.900 bits per heavy atom. The summed E-state index contributed by atoms with van der Waals surface area (Å²) in [5, 5.41) is 9.67. The average Bonchev–Trinajstić information content (AvgIpc) is 3.44. The molecular formula is C40H36N4O6. The quantitative estimate of drug-likeness (QED) is 0.215. The summed E-state index contributed by atoms with van der Waals surface area (Å²) in [5.74, 6) is 1.11. The first-order valence-corrected chi connectivity index (χ1v) is 16.9. The highest BCUT2D eigenvalue weighted by molar-refractivity contribution is 5.92. The highest BCUT2D eigenvalue weighted by Crippen LogP contribution is 2.32. The molecule has 3 aromatic heterocycles. The van der Waals surface area contributed by atoms with E-state index in [0.717, 1.165) is 87.6 Å². The lowest BCUT2D eigenvalue weighted by Gasteiger charge is -2.27. The van der Waals surface area contributed by atoms with Crippen molar-refractivity contribution < 1.29 is 24.1 Å². The number of ether oxygens (including phenoxy) is 3. The van der Waals surface area contributed by atoms with Gasteiger partial charge in [0.1, 0.15) is 18.2 Å². The second-order valence-corrected chi connectivity index (χ2v) is 12.9. The number of imidazole rings is 1. The summed E-state index contributed by atoms with van der Waals surface area (Å²) in [6.45, 7) is 2.17. The van der Waals surface area contributed by atoms with E-state index in [-0.39, 0.29) is 17.2 Å². The van der Waals surface area contributed by atoms with Crippen LogP contribution in [0.3, 0.4) is 0 Å². The predicted octanol–water partition coefficient (Wildman–Crippen LogP) is 6.45. The fourth-order valence-corrected chi connectivity index (χ4v) is 6.60. The molecule has 0 saturated carbocycles. The van der Waals surface area contributed by atoms with Crippen molar-refractivity contribution >= 4 is 17.0 Å². The van der Waals surface area contributed by atoms with Gasteiger partial charge in [-0.1, -0.05) is 36.4 Å². The van der Waals surface area contributed by atoms with Crippen LogP contribution in [0.2, 0.25) is 0 Å². The molecule has 0 amide bonds. The highest BCUT2D eigenvalue weighted by atomic mass is 16.5. The summed E-state index contributed by atoms with van der Waals surface area (Å²) >= 11 is 0. The van der Waals surface area contributed by atoms with Gasteiger partial charge in [0.2, 0.25) is 5.88 Å². The molecule has 10 heteroatoms. The lowest BCUT2D eigenvalue weighted by atomic mass is 9.97. The number of fused-ring (bicyclic) bond motifs is 7. The molecule has 8 rings (SSSR count). The zero-order valence-electron chi connectivity index (χ0n) is 27.7. The smallest absolute Gasteiger partial charge is 0.335 e. The molecule has 4 bridgehead atoms. The fourth-order valence-electron chi connectivity index (χ4n) is 6.60. The summed E-state index contributed by atoms with van der Waals surface area (Å²) in [6.07, 6.45) is 4.80. The first-order valence-electron chi connectivity index (χ1n) is 16.9. The van der Waals surface area contributed by atoms with Crippen LogP contribution in [-0.2, 0) is 37.8 Å². The Balaban J connectivity index is 1.13. The molecule has 10 nitrogen and oxygen atoms in total. The molecule has 6 aromatic rings. The summed E-state index contributed by atoms with van der Waals surface area (Å²) in [4.78, 5) is 34.0. The maximum absolute atomic E-state index is 12.4. The summed E-state index contributed by atoms with van der Waals surface area (Å²) in [5.41, 5.74) is 8.37. The molecule has 1 saturated heterocycles. The number of aryl methyl sites for hydroxylation is 2. The number of nitrogens with zero attached hydrogens (tertiary/aromatic N) is 4. The summed E-state index contributed by atoms with van der Waals surface area (Å²) < 4.78 is 22.2. The van der Waals surface area contributed by atoms with E-state index < -0.39 is 5.97 Å². The molecule has 0 aliphatic carbocycles. The Kier molecular flexibility index (Phi) is 8.38. The van der Waals surface area contributed by atoms with Crippen molar-refractivity contribution in [3.63, 3.8) is 0 Å². The van der Waals surface area contributed by atoms with Crippen LogP contribution in [0.15, 0.2) is 95.9 Å². The van der Waals surface area contributed by atoms with Crippen molar-refractivity contribution in [2.24, 2.45) is 7.05 Å². The number of carboxylic acid groups (broad SMARTS) is 1. The number of benzene rings is 3. The lowest BCUT2D eigenvalue weighted by Crippen LogP contribution is -2.31. The van der Waals surface area contributed by atoms with Crippen LogP contribution in [0.1, 0.15) is 45.7 Å². The van der Waals surface area contributed by atoms with Crippen molar-refractivity contribution in [1.29, 1.82) is 0 Å². The molecule has 0 radical (unpaired) electrons. The highest BCUT2D eigenvalue weighted by Gasteiger charge is 2.23. The molecule has 1 unspecified atom stereocenters. The maximum atomic E-state index is 12.4. The van der Waals surface area contributed by atoms with Gasteiger partial charge in [0, 0.05) is 49.5 Å². The molecular weight excluding hydrogens is 632 g/mol. The van der Waals surface area contributed by atoms with E-state index in [1.54, 1.807) is 42.1 Å². The normalized spacial score (nSPS) is 15.7. The summed E-state index contributed by atoms with van der Waals surface area (Å²) in [6, 6.07) is 26.8. The van der Waals surface area contributed by atoms with Gasteiger partial charge >= 0.3 is 5.97 Å². The van der Waals surface area contributed by atoms with E-state index in [1.807, 2.05) is 42.5 Å². The monoisotopic (exact) mass is 668 g/mol. The van der Waals surface area contributed by atoms with Gasteiger partial charge in [0.05, 0.1) is 41.5 Å².